The van der Waals surface area contributed by atoms with Gasteiger partial charge < -0.3 is 14.6 Å². The minimum Gasteiger partial charge on any atom is -0.377 e. The number of imidazole rings is 1. The van der Waals surface area contributed by atoms with Gasteiger partial charge in [0.05, 0.1) is 12.4 Å². The van der Waals surface area contributed by atoms with Crippen LogP contribution in [0.1, 0.15) is 41.0 Å². The van der Waals surface area contributed by atoms with Crippen LogP contribution in [0.5, 0.6) is 0 Å². The van der Waals surface area contributed by atoms with Gasteiger partial charge in [-0.3, -0.25) is 0 Å². The Kier molecular flexibility index (Phi) is 3.65. The van der Waals surface area contributed by atoms with Gasteiger partial charge in [-0.2, -0.15) is 0 Å². The van der Waals surface area contributed by atoms with Gasteiger partial charge in [0, 0.05) is 49.0 Å². The molecular formula is C17H29N3O. The van der Waals surface area contributed by atoms with Gasteiger partial charge in [0.1, 0.15) is 0 Å². The standard InChI is InChI=1S/C17H29N3O/c1-16(2,3)13(10-20-8-7-18-11-20)19-14-12-6-9-21-15(12)17(14,4)5/h7-8,11-15,19H,6,9-10H2,1-5H3. The number of fused-ring (bicyclic) bond motifs is 1. The lowest BCUT2D eigenvalue weighted by Crippen LogP contribution is -2.68. The van der Waals surface area contributed by atoms with Crippen molar-refractivity contribution in [3.8, 4) is 0 Å². The molecule has 1 aromatic heterocycles. The monoisotopic (exact) mass is 291 g/mol. The fourth-order valence-corrected chi connectivity index (χ4v) is 4.06. The molecule has 4 heteroatoms. The van der Waals surface area contributed by atoms with Crippen molar-refractivity contribution in [3.63, 3.8) is 0 Å². The average Bonchev–Trinajstić information content (AvgIpc) is 3.03. The van der Waals surface area contributed by atoms with E-state index in [4.69, 9.17) is 4.74 Å². The Bertz CT molecular complexity index is 475. The van der Waals surface area contributed by atoms with Crippen molar-refractivity contribution in [3.05, 3.63) is 18.7 Å². The molecule has 0 radical (unpaired) electrons. The highest BCUT2D eigenvalue weighted by Crippen LogP contribution is 2.52. The van der Waals surface area contributed by atoms with Crippen molar-refractivity contribution in [2.24, 2.45) is 16.7 Å². The highest BCUT2D eigenvalue weighted by Gasteiger charge is 2.59. The van der Waals surface area contributed by atoms with E-state index >= 15 is 0 Å². The first-order valence-corrected chi connectivity index (χ1v) is 8.13. The topological polar surface area (TPSA) is 39.1 Å². The van der Waals surface area contributed by atoms with Crippen LogP contribution in [-0.2, 0) is 11.3 Å². The third-order valence-electron chi connectivity index (χ3n) is 5.48. The van der Waals surface area contributed by atoms with Crippen LogP contribution >= 0.6 is 0 Å². The molecule has 118 valence electrons. The Hall–Kier alpha value is -0.870. The molecule has 0 amide bonds. The summed E-state index contributed by atoms with van der Waals surface area (Å²) in [5.74, 6) is 0.688. The van der Waals surface area contributed by atoms with E-state index in [1.54, 1.807) is 0 Å². The third-order valence-corrected chi connectivity index (χ3v) is 5.48. The molecule has 4 atom stereocenters. The van der Waals surface area contributed by atoms with Crippen molar-refractivity contribution in [2.75, 3.05) is 6.61 Å². The van der Waals surface area contributed by atoms with E-state index in [-0.39, 0.29) is 10.8 Å². The van der Waals surface area contributed by atoms with Gasteiger partial charge in [-0.25, -0.2) is 4.98 Å². The molecule has 1 aromatic rings. The van der Waals surface area contributed by atoms with E-state index in [0.717, 1.165) is 13.2 Å². The molecule has 4 nitrogen and oxygen atoms in total. The van der Waals surface area contributed by atoms with Crippen LogP contribution in [0.4, 0.5) is 0 Å². The lowest BCUT2D eigenvalue weighted by atomic mass is 9.57. The summed E-state index contributed by atoms with van der Waals surface area (Å²) in [6, 6.07) is 0.982. The average molecular weight is 291 g/mol. The van der Waals surface area contributed by atoms with E-state index in [0.29, 0.717) is 24.1 Å². The Morgan fingerprint density at radius 1 is 1.43 bits per heavy atom. The van der Waals surface area contributed by atoms with Crippen molar-refractivity contribution in [2.45, 2.75) is 65.8 Å². The Morgan fingerprint density at radius 2 is 2.19 bits per heavy atom. The van der Waals surface area contributed by atoms with Gasteiger partial charge in [0.15, 0.2) is 0 Å². The number of aromatic nitrogens is 2. The van der Waals surface area contributed by atoms with Crippen LogP contribution in [0.15, 0.2) is 18.7 Å². The molecule has 0 aromatic carbocycles. The van der Waals surface area contributed by atoms with Crippen LogP contribution in [0.25, 0.3) is 0 Å². The minimum absolute atomic E-state index is 0.213. The van der Waals surface area contributed by atoms with Crippen molar-refractivity contribution in [1.82, 2.24) is 14.9 Å². The van der Waals surface area contributed by atoms with Gasteiger partial charge in [-0.05, 0) is 11.8 Å². The van der Waals surface area contributed by atoms with E-state index in [1.165, 1.54) is 6.42 Å². The predicted molar refractivity (Wildman–Crippen MR) is 84.0 cm³/mol. The second kappa shape index (κ2) is 5.10. The van der Waals surface area contributed by atoms with E-state index in [2.05, 4.69) is 49.5 Å². The summed E-state index contributed by atoms with van der Waals surface area (Å²) in [7, 11) is 0. The lowest BCUT2D eigenvalue weighted by molar-refractivity contribution is -0.119. The molecule has 21 heavy (non-hydrogen) atoms. The molecule has 2 fully saturated rings. The fourth-order valence-electron chi connectivity index (χ4n) is 4.06. The predicted octanol–water partition coefficient (Wildman–Crippen LogP) is 2.70. The summed E-state index contributed by atoms with van der Waals surface area (Å²) in [4.78, 5) is 4.17. The molecule has 1 aliphatic carbocycles. The van der Waals surface area contributed by atoms with Crippen LogP contribution in [0.2, 0.25) is 0 Å². The third kappa shape index (κ3) is 2.64. The number of hydrogen-bond acceptors (Lipinski definition) is 3. The summed E-state index contributed by atoms with van der Waals surface area (Å²) in [5, 5.41) is 3.96. The first kappa shape index (κ1) is 15.0. The molecule has 1 N–H and O–H groups in total. The molecule has 3 rings (SSSR count). The Balaban J connectivity index is 1.73. The van der Waals surface area contributed by atoms with E-state index in [1.807, 2.05) is 18.7 Å². The number of hydrogen-bond donors (Lipinski definition) is 1. The molecular weight excluding hydrogens is 262 g/mol. The molecule has 0 bridgehead atoms. The second-order valence-electron chi connectivity index (χ2n) is 8.39. The first-order chi connectivity index (χ1) is 9.80. The van der Waals surface area contributed by atoms with Crippen LogP contribution in [0.3, 0.4) is 0 Å². The summed E-state index contributed by atoms with van der Waals surface area (Å²) in [5.41, 5.74) is 0.449. The van der Waals surface area contributed by atoms with Crippen molar-refractivity contribution >= 4 is 0 Å². The SMILES string of the molecule is CC(C)(C)C(Cn1ccnc1)NC1C2CCOC2C1(C)C. The first-order valence-electron chi connectivity index (χ1n) is 8.13. The second-order valence-corrected chi connectivity index (χ2v) is 8.39. The summed E-state index contributed by atoms with van der Waals surface area (Å²) >= 11 is 0. The van der Waals surface area contributed by atoms with Gasteiger partial charge in [0.2, 0.25) is 0 Å². The molecule has 0 spiro atoms. The van der Waals surface area contributed by atoms with Crippen molar-refractivity contribution < 1.29 is 4.74 Å². The zero-order valence-corrected chi connectivity index (χ0v) is 14.0. The quantitative estimate of drug-likeness (QED) is 0.927. The molecule has 1 saturated carbocycles. The van der Waals surface area contributed by atoms with E-state index < -0.39 is 0 Å². The zero-order valence-electron chi connectivity index (χ0n) is 14.0. The summed E-state index contributed by atoms with van der Waals surface area (Å²) in [6.45, 7) is 13.5. The molecule has 2 heterocycles. The normalized spacial score (nSPS) is 32.5. The molecule has 2 aliphatic rings. The number of nitrogens with one attached hydrogen (secondary N) is 1. The summed E-state index contributed by atoms with van der Waals surface area (Å²) in [6.07, 6.45) is 7.47. The highest BCUT2D eigenvalue weighted by atomic mass is 16.5. The van der Waals surface area contributed by atoms with Crippen LogP contribution < -0.4 is 5.32 Å². The molecule has 4 unspecified atom stereocenters. The van der Waals surface area contributed by atoms with Crippen LogP contribution in [-0.4, -0.2) is 34.3 Å². The number of rotatable bonds is 4. The van der Waals surface area contributed by atoms with Gasteiger partial charge in [-0.1, -0.05) is 34.6 Å². The van der Waals surface area contributed by atoms with Gasteiger partial charge in [-0.15, -0.1) is 0 Å². The Morgan fingerprint density at radius 3 is 2.81 bits per heavy atom. The number of nitrogens with zero attached hydrogens (tertiary/aromatic N) is 2. The highest BCUT2D eigenvalue weighted by molar-refractivity contribution is 5.12. The number of ether oxygens (including phenoxy) is 1. The van der Waals surface area contributed by atoms with E-state index in [9.17, 15) is 0 Å². The maximum absolute atomic E-state index is 5.92. The lowest BCUT2D eigenvalue weighted by Gasteiger charge is -2.56. The summed E-state index contributed by atoms with van der Waals surface area (Å²) < 4.78 is 8.09. The maximum Gasteiger partial charge on any atom is 0.0946 e. The molecule has 1 aliphatic heterocycles. The molecule has 1 saturated heterocycles. The smallest absolute Gasteiger partial charge is 0.0946 e. The van der Waals surface area contributed by atoms with Crippen LogP contribution in [0, 0.1) is 16.7 Å². The Labute approximate surface area is 128 Å². The van der Waals surface area contributed by atoms with Gasteiger partial charge in [0.25, 0.3) is 0 Å². The maximum atomic E-state index is 5.92. The van der Waals surface area contributed by atoms with Gasteiger partial charge >= 0.3 is 0 Å². The van der Waals surface area contributed by atoms with Crippen molar-refractivity contribution in [1.29, 1.82) is 0 Å². The zero-order chi connectivity index (χ0) is 15.3. The fraction of sp³-hybridized carbons (Fsp3) is 0.824. The largest absolute Gasteiger partial charge is 0.377 e. The minimum atomic E-state index is 0.213.